The lowest BCUT2D eigenvalue weighted by Gasteiger charge is -2.21. The number of ether oxygens (including phenoxy) is 4. The van der Waals surface area contributed by atoms with Crippen molar-refractivity contribution in [1.82, 2.24) is 0 Å². The molecule has 0 radical (unpaired) electrons. The van der Waals surface area contributed by atoms with E-state index in [2.05, 4.69) is 48.5 Å². The first-order chi connectivity index (χ1) is 52.7. The Hall–Kier alpha value is -1.94. The summed E-state index contributed by atoms with van der Waals surface area (Å²) in [5.41, 5.74) is 0. The standard InChI is InChI=1S/C90H176O17P2/c1-8-9-10-11-12-13-14-15-16-17-18-19-23-26-31-36-43-50-57-64-71-87(92)100-77-85(106-89(94)73-66-59-52-44-37-32-27-24-21-20-22-25-29-34-40-47-54-61-68-81(2)3)79-104-108(96,97)102-75-84(91)76-103-109(98,99)105-80-86(78-101-88(93)72-65-58-51-46-39-42-49-56-63-70-83(6)7)107-90(95)74-67-60-53-45-38-33-28-30-35-41-48-55-62-69-82(4)5/h81-86,91H,8-80H2,1-7H3,(H,96,97)(H,98,99)/t84-,85-,86-/m1/s1. The van der Waals surface area contributed by atoms with Crippen molar-refractivity contribution in [2.75, 3.05) is 39.6 Å². The number of phosphoric ester groups is 2. The number of aliphatic hydroxyl groups is 1. The molecule has 0 aliphatic heterocycles. The van der Waals surface area contributed by atoms with Crippen molar-refractivity contribution in [3.8, 4) is 0 Å². The highest BCUT2D eigenvalue weighted by molar-refractivity contribution is 7.47. The summed E-state index contributed by atoms with van der Waals surface area (Å²) in [4.78, 5) is 73.4. The Bertz CT molecular complexity index is 2100. The number of esters is 4. The summed E-state index contributed by atoms with van der Waals surface area (Å²) in [6, 6.07) is 0. The Kier molecular flexibility index (Phi) is 78.5. The van der Waals surface area contributed by atoms with Crippen LogP contribution in [-0.2, 0) is 65.4 Å². The Morgan fingerprint density at radius 3 is 0.624 bits per heavy atom. The lowest BCUT2D eigenvalue weighted by molar-refractivity contribution is -0.161. The fourth-order valence-corrected chi connectivity index (χ4v) is 15.7. The van der Waals surface area contributed by atoms with E-state index in [9.17, 15) is 43.2 Å². The van der Waals surface area contributed by atoms with E-state index in [1.54, 1.807) is 0 Å². The number of hydrogen-bond donors (Lipinski definition) is 3. The highest BCUT2D eigenvalue weighted by Crippen LogP contribution is 2.45. The zero-order valence-corrected chi connectivity index (χ0v) is 73.8. The lowest BCUT2D eigenvalue weighted by atomic mass is 10.0. The van der Waals surface area contributed by atoms with Gasteiger partial charge in [-0.25, -0.2) is 9.13 Å². The molecule has 0 rings (SSSR count). The van der Waals surface area contributed by atoms with Crippen LogP contribution in [0.5, 0.6) is 0 Å². The van der Waals surface area contributed by atoms with E-state index < -0.39 is 97.5 Å². The maximum atomic E-state index is 13.2. The molecule has 3 N–H and O–H groups in total. The van der Waals surface area contributed by atoms with Gasteiger partial charge in [0.25, 0.3) is 0 Å². The highest BCUT2D eigenvalue weighted by Gasteiger charge is 2.31. The van der Waals surface area contributed by atoms with Crippen molar-refractivity contribution in [3.63, 3.8) is 0 Å². The molecule has 0 spiro atoms. The Labute approximate surface area is 670 Å². The third-order valence-electron chi connectivity index (χ3n) is 21.1. The molecule has 19 heteroatoms. The van der Waals surface area contributed by atoms with Crippen LogP contribution in [0, 0.1) is 17.8 Å². The van der Waals surface area contributed by atoms with Crippen LogP contribution < -0.4 is 0 Å². The average Bonchev–Trinajstić information content (AvgIpc) is 0.898. The van der Waals surface area contributed by atoms with Crippen LogP contribution >= 0.6 is 15.6 Å². The van der Waals surface area contributed by atoms with Gasteiger partial charge < -0.3 is 33.8 Å². The second-order valence-corrected chi connectivity index (χ2v) is 36.7. The molecule has 0 amide bonds. The van der Waals surface area contributed by atoms with Crippen molar-refractivity contribution in [2.45, 2.75) is 497 Å². The lowest BCUT2D eigenvalue weighted by Crippen LogP contribution is -2.30. The molecule has 5 atom stereocenters. The smallest absolute Gasteiger partial charge is 0.462 e. The minimum Gasteiger partial charge on any atom is -0.462 e. The van der Waals surface area contributed by atoms with Crippen LogP contribution in [0.4, 0.5) is 0 Å². The zero-order chi connectivity index (χ0) is 80.0. The molecule has 0 bridgehead atoms. The van der Waals surface area contributed by atoms with Crippen molar-refractivity contribution in [1.29, 1.82) is 0 Å². The van der Waals surface area contributed by atoms with Gasteiger partial charge >= 0.3 is 39.5 Å². The minimum atomic E-state index is -4.97. The Balaban J connectivity index is 5.25. The first-order valence-corrected chi connectivity index (χ1v) is 49.3. The number of aliphatic hydroxyl groups excluding tert-OH is 1. The molecule has 0 aliphatic carbocycles. The molecule has 109 heavy (non-hydrogen) atoms. The van der Waals surface area contributed by atoms with E-state index in [0.717, 1.165) is 108 Å². The van der Waals surface area contributed by atoms with Gasteiger partial charge in [0.15, 0.2) is 12.2 Å². The van der Waals surface area contributed by atoms with E-state index in [4.69, 9.17) is 37.0 Å². The summed E-state index contributed by atoms with van der Waals surface area (Å²) < 4.78 is 69.0. The van der Waals surface area contributed by atoms with E-state index in [0.29, 0.717) is 25.7 Å². The van der Waals surface area contributed by atoms with Crippen molar-refractivity contribution in [3.05, 3.63) is 0 Å². The predicted molar refractivity (Wildman–Crippen MR) is 451 cm³/mol. The topological polar surface area (TPSA) is 237 Å². The molecule has 0 fully saturated rings. The SMILES string of the molecule is CCCCCCCCCCCCCCCCCCCCCCC(=O)OC[C@H](COP(=O)(O)OC[C@@H](O)COP(=O)(O)OC[C@@H](COC(=O)CCCCCCCCCCCC(C)C)OC(=O)CCCCCCCCCCCCCCCC(C)C)OC(=O)CCCCCCCCCCCCCCCCCCCCC(C)C. The van der Waals surface area contributed by atoms with E-state index in [-0.39, 0.29) is 25.7 Å². The highest BCUT2D eigenvalue weighted by atomic mass is 31.2. The van der Waals surface area contributed by atoms with Crippen molar-refractivity contribution < 1.29 is 80.2 Å². The van der Waals surface area contributed by atoms with Gasteiger partial charge in [-0.15, -0.1) is 0 Å². The molecular formula is C90H176O17P2. The largest absolute Gasteiger partial charge is 0.472 e. The molecular weight excluding hydrogens is 1410 g/mol. The second kappa shape index (κ2) is 79.9. The number of rotatable bonds is 88. The van der Waals surface area contributed by atoms with Crippen LogP contribution in [0.25, 0.3) is 0 Å². The van der Waals surface area contributed by atoms with Gasteiger partial charge in [-0.2, -0.15) is 0 Å². The fourth-order valence-electron chi connectivity index (χ4n) is 14.1. The van der Waals surface area contributed by atoms with Crippen LogP contribution in [-0.4, -0.2) is 96.7 Å². The summed E-state index contributed by atoms with van der Waals surface area (Å²) in [7, 11) is -9.94. The third-order valence-corrected chi connectivity index (χ3v) is 23.0. The molecule has 0 aromatic rings. The quantitative estimate of drug-likeness (QED) is 0.0222. The molecule has 0 aromatic carbocycles. The molecule has 2 unspecified atom stereocenters. The molecule has 0 heterocycles. The summed E-state index contributed by atoms with van der Waals surface area (Å²) in [6.07, 6.45) is 72.3. The van der Waals surface area contributed by atoms with Gasteiger partial charge in [-0.3, -0.25) is 37.3 Å². The Morgan fingerprint density at radius 2 is 0.422 bits per heavy atom. The average molecular weight is 1590 g/mol. The van der Waals surface area contributed by atoms with Gasteiger partial charge in [-0.1, -0.05) is 427 Å². The van der Waals surface area contributed by atoms with E-state index >= 15 is 0 Å². The van der Waals surface area contributed by atoms with Gasteiger partial charge in [0.1, 0.15) is 19.3 Å². The number of unbranched alkanes of at least 4 members (excludes halogenated alkanes) is 56. The predicted octanol–water partition coefficient (Wildman–Crippen LogP) is 27.6. The summed E-state index contributed by atoms with van der Waals surface area (Å²) in [6.45, 7) is 12.0. The number of carbonyl (C=O) groups excluding carboxylic acids is 4. The molecule has 17 nitrogen and oxygen atoms in total. The molecule has 0 aromatic heterocycles. The van der Waals surface area contributed by atoms with Crippen molar-refractivity contribution >= 4 is 39.5 Å². The van der Waals surface area contributed by atoms with Crippen LogP contribution in [0.15, 0.2) is 0 Å². The monoisotopic (exact) mass is 1590 g/mol. The second-order valence-electron chi connectivity index (χ2n) is 33.8. The van der Waals surface area contributed by atoms with Crippen LogP contribution in [0.2, 0.25) is 0 Å². The summed E-state index contributed by atoms with van der Waals surface area (Å²) >= 11 is 0. The maximum Gasteiger partial charge on any atom is 0.472 e. The molecule has 0 saturated carbocycles. The van der Waals surface area contributed by atoms with Crippen molar-refractivity contribution in [2.24, 2.45) is 17.8 Å². The number of phosphoric acid groups is 2. The minimum absolute atomic E-state index is 0.107. The fraction of sp³-hybridized carbons (Fsp3) is 0.956. The summed E-state index contributed by atoms with van der Waals surface area (Å²) in [5.74, 6) is 0.251. The van der Waals surface area contributed by atoms with Gasteiger partial charge in [0, 0.05) is 25.7 Å². The van der Waals surface area contributed by atoms with E-state index in [1.807, 2.05) is 0 Å². The first-order valence-electron chi connectivity index (χ1n) is 46.3. The van der Waals surface area contributed by atoms with Gasteiger partial charge in [-0.05, 0) is 43.4 Å². The van der Waals surface area contributed by atoms with Crippen LogP contribution in [0.3, 0.4) is 0 Å². The first kappa shape index (κ1) is 107. The summed E-state index contributed by atoms with van der Waals surface area (Å²) in [5, 5.41) is 10.7. The zero-order valence-electron chi connectivity index (χ0n) is 72.0. The third kappa shape index (κ3) is 83.8. The van der Waals surface area contributed by atoms with Gasteiger partial charge in [0.2, 0.25) is 0 Å². The Morgan fingerprint density at radius 1 is 0.248 bits per heavy atom. The molecule has 0 saturated heterocycles. The van der Waals surface area contributed by atoms with E-state index in [1.165, 1.54) is 289 Å². The number of carbonyl (C=O) groups is 4. The number of hydrogen-bond acceptors (Lipinski definition) is 15. The van der Waals surface area contributed by atoms with Gasteiger partial charge in [0.05, 0.1) is 26.4 Å². The molecule has 0 aliphatic rings. The van der Waals surface area contributed by atoms with Crippen LogP contribution in [0.1, 0.15) is 479 Å². The molecule has 648 valence electrons. The maximum absolute atomic E-state index is 13.2. The normalized spacial score (nSPS) is 13.8.